The summed E-state index contributed by atoms with van der Waals surface area (Å²) in [5.74, 6) is -0.899. The molecule has 19 heavy (non-hydrogen) atoms. The van der Waals surface area contributed by atoms with Crippen LogP contribution in [0.1, 0.15) is 32.1 Å². The van der Waals surface area contributed by atoms with Crippen LogP contribution < -0.4 is 5.43 Å². The summed E-state index contributed by atoms with van der Waals surface area (Å²) in [6.45, 7) is -0.141. The number of amides is 1. The molecule has 0 aliphatic heterocycles. The van der Waals surface area contributed by atoms with Crippen molar-refractivity contribution in [2.24, 2.45) is 5.10 Å². The molecule has 1 N–H and O–H groups in total. The molecule has 102 valence electrons. The Kier molecular flexibility index (Phi) is 4.16. The lowest BCUT2D eigenvalue weighted by Crippen LogP contribution is -2.25. The van der Waals surface area contributed by atoms with E-state index in [9.17, 15) is 14.9 Å². The van der Waals surface area contributed by atoms with E-state index in [1.54, 1.807) is 0 Å². The quantitative estimate of drug-likeness (QED) is 0.633. The Balaban J connectivity index is 1.84. The van der Waals surface area contributed by atoms with Gasteiger partial charge < -0.3 is 10.1 Å². The van der Waals surface area contributed by atoms with Gasteiger partial charge in [0.1, 0.15) is 6.54 Å². The third kappa shape index (κ3) is 3.83. The third-order valence-corrected chi connectivity index (χ3v) is 2.76. The fourth-order valence-corrected chi connectivity index (χ4v) is 1.84. The Morgan fingerprint density at radius 1 is 1.47 bits per heavy atom. The SMILES string of the molecule is O=C(Cn1cnc([N+](=O)[O-])n1)NN=C1CCCCC1. The van der Waals surface area contributed by atoms with E-state index in [2.05, 4.69) is 20.6 Å². The van der Waals surface area contributed by atoms with Crippen molar-refractivity contribution in [3.8, 4) is 0 Å². The molecule has 9 nitrogen and oxygen atoms in total. The van der Waals surface area contributed by atoms with Crippen LogP contribution in [0.2, 0.25) is 0 Å². The summed E-state index contributed by atoms with van der Waals surface area (Å²) >= 11 is 0. The van der Waals surface area contributed by atoms with Gasteiger partial charge in [-0.15, -0.1) is 0 Å². The summed E-state index contributed by atoms with van der Waals surface area (Å²) in [5, 5.41) is 18.0. The van der Waals surface area contributed by atoms with Gasteiger partial charge in [0.2, 0.25) is 6.33 Å². The Labute approximate surface area is 108 Å². The fourth-order valence-electron chi connectivity index (χ4n) is 1.84. The number of carbonyl (C=O) groups is 1. The first-order chi connectivity index (χ1) is 9.15. The fraction of sp³-hybridized carbons (Fsp3) is 0.600. The number of hydrogen-bond donors (Lipinski definition) is 1. The van der Waals surface area contributed by atoms with E-state index in [1.807, 2.05) is 0 Å². The van der Waals surface area contributed by atoms with Crippen LogP contribution in [0.3, 0.4) is 0 Å². The molecule has 2 rings (SSSR count). The van der Waals surface area contributed by atoms with Crippen molar-refractivity contribution in [1.82, 2.24) is 20.2 Å². The zero-order chi connectivity index (χ0) is 13.7. The van der Waals surface area contributed by atoms with E-state index in [1.165, 1.54) is 6.42 Å². The standard InChI is InChI=1S/C10H14N6O3/c17-9(13-12-8-4-2-1-3-5-8)6-15-7-11-10(14-15)16(18)19/h7H,1-6H2,(H,13,17). The van der Waals surface area contributed by atoms with Gasteiger partial charge in [0.15, 0.2) is 0 Å². The van der Waals surface area contributed by atoms with Gasteiger partial charge in [-0.05, 0) is 30.6 Å². The average Bonchev–Trinajstić information content (AvgIpc) is 2.86. The number of nitrogens with one attached hydrogen (secondary N) is 1. The highest BCUT2D eigenvalue weighted by atomic mass is 16.6. The minimum atomic E-state index is -0.712. The summed E-state index contributed by atoms with van der Waals surface area (Å²) in [6.07, 6.45) is 6.37. The normalized spacial score (nSPS) is 15.1. The lowest BCUT2D eigenvalue weighted by atomic mass is 9.99. The van der Waals surface area contributed by atoms with E-state index in [0.29, 0.717) is 0 Å². The number of hydrogen-bond acceptors (Lipinski definition) is 6. The molecule has 9 heteroatoms. The minimum Gasteiger partial charge on any atom is -0.390 e. The third-order valence-electron chi connectivity index (χ3n) is 2.76. The molecular weight excluding hydrogens is 252 g/mol. The molecule has 1 amide bonds. The summed E-state index contributed by atoms with van der Waals surface area (Å²) < 4.78 is 1.11. The molecule has 1 aliphatic rings. The highest BCUT2D eigenvalue weighted by Crippen LogP contribution is 2.14. The van der Waals surface area contributed by atoms with Gasteiger partial charge in [-0.25, -0.2) is 5.43 Å². The predicted octanol–water partition coefficient (Wildman–Crippen LogP) is 0.623. The number of aromatic nitrogens is 3. The largest absolute Gasteiger partial charge is 0.490 e. The van der Waals surface area contributed by atoms with E-state index < -0.39 is 10.9 Å². The van der Waals surface area contributed by atoms with Crippen molar-refractivity contribution in [3.63, 3.8) is 0 Å². The highest BCUT2D eigenvalue weighted by molar-refractivity contribution is 5.86. The smallest absolute Gasteiger partial charge is 0.390 e. The maximum Gasteiger partial charge on any atom is 0.490 e. The first kappa shape index (κ1) is 13.1. The second-order valence-corrected chi connectivity index (χ2v) is 4.27. The van der Waals surface area contributed by atoms with Crippen LogP contribution in [-0.2, 0) is 11.3 Å². The molecule has 0 radical (unpaired) electrons. The highest BCUT2D eigenvalue weighted by Gasteiger charge is 2.15. The Bertz CT molecular complexity index is 501. The van der Waals surface area contributed by atoms with E-state index in [-0.39, 0.29) is 12.5 Å². The van der Waals surface area contributed by atoms with Crippen LogP contribution in [0.4, 0.5) is 5.95 Å². The topological polar surface area (TPSA) is 115 Å². The number of carbonyl (C=O) groups excluding carboxylic acids is 1. The van der Waals surface area contributed by atoms with Crippen molar-refractivity contribution in [2.75, 3.05) is 0 Å². The van der Waals surface area contributed by atoms with Crippen LogP contribution in [0.25, 0.3) is 0 Å². The molecule has 1 aromatic heterocycles. The van der Waals surface area contributed by atoms with E-state index in [0.717, 1.165) is 42.4 Å². The van der Waals surface area contributed by atoms with Crippen molar-refractivity contribution in [1.29, 1.82) is 0 Å². The number of rotatable bonds is 4. The van der Waals surface area contributed by atoms with Crippen molar-refractivity contribution >= 4 is 17.6 Å². The minimum absolute atomic E-state index is 0.141. The second kappa shape index (κ2) is 6.03. The molecule has 0 spiro atoms. The molecule has 1 fully saturated rings. The molecule has 0 atom stereocenters. The second-order valence-electron chi connectivity index (χ2n) is 4.27. The van der Waals surface area contributed by atoms with Crippen LogP contribution in [0.15, 0.2) is 11.4 Å². The zero-order valence-electron chi connectivity index (χ0n) is 10.3. The predicted molar refractivity (Wildman–Crippen MR) is 65.3 cm³/mol. The molecule has 0 saturated heterocycles. The average molecular weight is 266 g/mol. The summed E-state index contributed by atoms with van der Waals surface area (Å²) in [4.78, 5) is 24.7. The maximum atomic E-state index is 11.6. The lowest BCUT2D eigenvalue weighted by molar-refractivity contribution is -0.394. The number of nitro groups is 1. The van der Waals surface area contributed by atoms with Gasteiger partial charge in [-0.2, -0.15) is 9.78 Å². The van der Waals surface area contributed by atoms with Gasteiger partial charge >= 0.3 is 5.95 Å². The lowest BCUT2D eigenvalue weighted by Gasteiger charge is -2.11. The first-order valence-corrected chi connectivity index (χ1v) is 6.03. The monoisotopic (exact) mass is 266 g/mol. The van der Waals surface area contributed by atoms with Crippen LogP contribution in [0.5, 0.6) is 0 Å². The van der Waals surface area contributed by atoms with Crippen molar-refractivity contribution in [2.45, 2.75) is 38.6 Å². The van der Waals surface area contributed by atoms with E-state index in [4.69, 9.17) is 0 Å². The van der Waals surface area contributed by atoms with Gasteiger partial charge in [0.25, 0.3) is 5.91 Å². The zero-order valence-corrected chi connectivity index (χ0v) is 10.3. The van der Waals surface area contributed by atoms with Crippen LogP contribution in [-0.4, -0.2) is 31.3 Å². The summed E-state index contributed by atoms with van der Waals surface area (Å²) in [7, 11) is 0. The van der Waals surface area contributed by atoms with Crippen molar-refractivity contribution < 1.29 is 9.72 Å². The van der Waals surface area contributed by atoms with Gasteiger partial charge in [-0.3, -0.25) is 4.79 Å². The number of hydrazone groups is 1. The van der Waals surface area contributed by atoms with Gasteiger partial charge in [0, 0.05) is 10.8 Å². The Morgan fingerprint density at radius 2 is 2.21 bits per heavy atom. The molecule has 0 bridgehead atoms. The first-order valence-electron chi connectivity index (χ1n) is 6.03. The molecule has 1 aromatic rings. The van der Waals surface area contributed by atoms with Gasteiger partial charge in [-0.1, -0.05) is 11.4 Å². The molecule has 0 aromatic carbocycles. The molecular formula is C10H14N6O3. The molecule has 1 saturated carbocycles. The Hall–Kier alpha value is -2.32. The molecule has 1 aliphatic carbocycles. The summed E-state index contributed by atoms with van der Waals surface area (Å²) in [5.41, 5.74) is 3.42. The van der Waals surface area contributed by atoms with Gasteiger partial charge in [0.05, 0.1) is 0 Å². The Morgan fingerprint density at radius 3 is 2.84 bits per heavy atom. The maximum absolute atomic E-state index is 11.6. The van der Waals surface area contributed by atoms with Crippen LogP contribution in [0, 0.1) is 10.1 Å². The van der Waals surface area contributed by atoms with Crippen molar-refractivity contribution in [3.05, 3.63) is 16.4 Å². The molecule has 1 heterocycles. The van der Waals surface area contributed by atoms with E-state index >= 15 is 0 Å². The molecule has 0 unspecified atom stereocenters. The van der Waals surface area contributed by atoms with Crippen LogP contribution >= 0.6 is 0 Å². The summed E-state index contributed by atoms with van der Waals surface area (Å²) in [6, 6.07) is 0. The number of nitrogens with zero attached hydrogens (tertiary/aromatic N) is 5.